The van der Waals surface area contributed by atoms with Gasteiger partial charge in [0.05, 0.1) is 12.3 Å². The lowest BCUT2D eigenvalue weighted by Gasteiger charge is -2.19. The van der Waals surface area contributed by atoms with Crippen molar-refractivity contribution in [3.63, 3.8) is 0 Å². The molecule has 3 nitrogen and oxygen atoms in total. The second kappa shape index (κ2) is 4.96. The van der Waals surface area contributed by atoms with Crippen molar-refractivity contribution in [1.29, 1.82) is 0 Å². The van der Waals surface area contributed by atoms with Gasteiger partial charge in [0.1, 0.15) is 0 Å². The number of halogens is 1. The molecule has 1 aromatic carbocycles. The zero-order valence-corrected chi connectivity index (χ0v) is 10.1. The van der Waals surface area contributed by atoms with Gasteiger partial charge in [-0.05, 0) is 34.5 Å². The van der Waals surface area contributed by atoms with E-state index in [0.29, 0.717) is 12.5 Å². The maximum absolute atomic E-state index is 5.09. The molecule has 0 aliphatic carbocycles. The molecular weight excluding hydrogens is 256 g/mol. The lowest BCUT2D eigenvalue weighted by atomic mass is 10.1. The number of para-hydroxylation sites is 1. The van der Waals surface area contributed by atoms with Crippen molar-refractivity contribution in [3.8, 4) is 0 Å². The van der Waals surface area contributed by atoms with E-state index in [1.807, 2.05) is 6.07 Å². The topological polar surface area (TPSA) is 38.5 Å². The van der Waals surface area contributed by atoms with Crippen molar-refractivity contribution >= 4 is 21.6 Å². The molecule has 2 N–H and O–H groups in total. The van der Waals surface area contributed by atoms with Gasteiger partial charge in [-0.1, -0.05) is 12.1 Å². The quantitative estimate of drug-likeness (QED) is 0.856. The Bertz CT molecular complexity index is 332. The summed E-state index contributed by atoms with van der Waals surface area (Å²) in [5, 5.41) is 0. The van der Waals surface area contributed by atoms with Gasteiger partial charge < -0.3 is 9.74 Å². The Morgan fingerprint density at radius 2 is 2.27 bits per heavy atom. The third kappa shape index (κ3) is 2.51. The highest BCUT2D eigenvalue weighted by molar-refractivity contribution is 9.10. The molecule has 0 amide bonds. The first-order chi connectivity index (χ1) is 7.31. The highest BCUT2D eigenvalue weighted by Gasteiger charge is 2.23. The third-order valence-electron chi connectivity index (χ3n) is 2.81. The van der Waals surface area contributed by atoms with E-state index < -0.39 is 0 Å². The lowest BCUT2D eigenvalue weighted by Crippen LogP contribution is -2.22. The standard InChI is InChI=1S/C11H15BrN2O/c12-10-3-1-2-4-11(10)14-6-5-9(7-14)8-15-13/h1-4,9H,5-8,13H2. The molecule has 2 rings (SSSR count). The molecule has 0 bridgehead atoms. The van der Waals surface area contributed by atoms with Crippen LogP contribution < -0.4 is 10.8 Å². The average molecular weight is 271 g/mol. The summed E-state index contributed by atoms with van der Waals surface area (Å²) in [5.41, 5.74) is 1.26. The van der Waals surface area contributed by atoms with Crippen LogP contribution in [0.4, 0.5) is 5.69 Å². The fraction of sp³-hybridized carbons (Fsp3) is 0.455. The first-order valence-corrected chi connectivity index (χ1v) is 5.91. The van der Waals surface area contributed by atoms with Crippen molar-refractivity contribution in [3.05, 3.63) is 28.7 Å². The molecule has 1 fully saturated rings. The van der Waals surface area contributed by atoms with E-state index >= 15 is 0 Å². The first-order valence-electron chi connectivity index (χ1n) is 5.12. The van der Waals surface area contributed by atoms with Crippen LogP contribution in [0.25, 0.3) is 0 Å². The Morgan fingerprint density at radius 3 is 3.00 bits per heavy atom. The number of hydrogen-bond acceptors (Lipinski definition) is 3. The smallest absolute Gasteiger partial charge is 0.0724 e. The Kier molecular flexibility index (Phi) is 3.61. The summed E-state index contributed by atoms with van der Waals surface area (Å²) < 4.78 is 1.15. The molecule has 1 saturated heterocycles. The van der Waals surface area contributed by atoms with E-state index in [0.717, 1.165) is 24.0 Å². The van der Waals surface area contributed by atoms with E-state index in [1.54, 1.807) is 0 Å². The number of anilines is 1. The maximum atomic E-state index is 5.09. The minimum atomic E-state index is 0.558. The molecule has 1 aliphatic rings. The summed E-state index contributed by atoms with van der Waals surface area (Å²) in [6.45, 7) is 2.76. The lowest BCUT2D eigenvalue weighted by molar-refractivity contribution is 0.108. The van der Waals surface area contributed by atoms with E-state index in [-0.39, 0.29) is 0 Å². The van der Waals surface area contributed by atoms with Crippen LogP contribution in [0, 0.1) is 5.92 Å². The zero-order chi connectivity index (χ0) is 10.7. The predicted octanol–water partition coefficient (Wildman–Crippen LogP) is 2.17. The maximum Gasteiger partial charge on any atom is 0.0724 e. The summed E-state index contributed by atoms with van der Waals surface area (Å²) in [7, 11) is 0. The molecule has 1 heterocycles. The van der Waals surface area contributed by atoms with Crippen LogP contribution in [-0.4, -0.2) is 19.7 Å². The molecule has 0 spiro atoms. The molecule has 4 heteroatoms. The number of nitrogens with zero attached hydrogens (tertiary/aromatic N) is 1. The molecule has 1 unspecified atom stereocenters. The minimum absolute atomic E-state index is 0.558. The minimum Gasteiger partial charge on any atom is -0.370 e. The summed E-state index contributed by atoms with van der Waals surface area (Å²) >= 11 is 3.57. The van der Waals surface area contributed by atoms with Crippen molar-refractivity contribution in [2.75, 3.05) is 24.6 Å². The van der Waals surface area contributed by atoms with Gasteiger partial charge in [-0.15, -0.1) is 0 Å². The molecule has 1 atom stereocenters. The van der Waals surface area contributed by atoms with Crippen LogP contribution in [0.3, 0.4) is 0 Å². The van der Waals surface area contributed by atoms with Gasteiger partial charge in [0.2, 0.25) is 0 Å². The second-order valence-corrected chi connectivity index (χ2v) is 4.74. The van der Waals surface area contributed by atoms with Gasteiger partial charge in [-0.2, -0.15) is 0 Å². The molecule has 15 heavy (non-hydrogen) atoms. The van der Waals surface area contributed by atoms with Gasteiger partial charge in [0.25, 0.3) is 0 Å². The SMILES string of the molecule is NOCC1CCN(c2ccccc2Br)C1. The molecule has 0 saturated carbocycles. The van der Waals surface area contributed by atoms with Gasteiger partial charge in [0, 0.05) is 23.5 Å². The normalized spacial score (nSPS) is 20.9. The Hall–Kier alpha value is -0.580. The summed E-state index contributed by atoms with van der Waals surface area (Å²) in [4.78, 5) is 7.07. The van der Waals surface area contributed by atoms with Crippen molar-refractivity contribution in [2.24, 2.45) is 11.8 Å². The van der Waals surface area contributed by atoms with Gasteiger partial charge in [-0.25, -0.2) is 5.90 Å². The van der Waals surface area contributed by atoms with Crippen LogP contribution in [0.15, 0.2) is 28.7 Å². The third-order valence-corrected chi connectivity index (χ3v) is 3.48. The van der Waals surface area contributed by atoms with E-state index in [1.165, 1.54) is 5.69 Å². The zero-order valence-electron chi connectivity index (χ0n) is 8.53. The molecule has 82 valence electrons. The van der Waals surface area contributed by atoms with Crippen LogP contribution >= 0.6 is 15.9 Å². The molecule has 0 radical (unpaired) electrons. The average Bonchev–Trinajstić information content (AvgIpc) is 2.68. The number of rotatable bonds is 3. The van der Waals surface area contributed by atoms with E-state index in [2.05, 4.69) is 39.0 Å². The van der Waals surface area contributed by atoms with Crippen LogP contribution in [-0.2, 0) is 4.84 Å². The number of benzene rings is 1. The second-order valence-electron chi connectivity index (χ2n) is 3.89. The number of nitrogens with two attached hydrogens (primary N) is 1. The van der Waals surface area contributed by atoms with Crippen LogP contribution in [0.2, 0.25) is 0 Å². The van der Waals surface area contributed by atoms with Gasteiger partial charge in [0.15, 0.2) is 0 Å². The summed E-state index contributed by atoms with van der Waals surface area (Å²) in [5.74, 6) is 5.65. The van der Waals surface area contributed by atoms with Gasteiger partial charge in [-0.3, -0.25) is 0 Å². The molecule has 1 aromatic rings. The Morgan fingerprint density at radius 1 is 1.47 bits per heavy atom. The fourth-order valence-corrected chi connectivity index (χ4v) is 2.57. The molecule has 0 aromatic heterocycles. The van der Waals surface area contributed by atoms with Crippen LogP contribution in [0.1, 0.15) is 6.42 Å². The monoisotopic (exact) mass is 270 g/mol. The van der Waals surface area contributed by atoms with Crippen molar-refractivity contribution < 1.29 is 4.84 Å². The van der Waals surface area contributed by atoms with Gasteiger partial charge >= 0.3 is 0 Å². The first kappa shape index (κ1) is 10.9. The van der Waals surface area contributed by atoms with Crippen molar-refractivity contribution in [1.82, 2.24) is 0 Å². The van der Waals surface area contributed by atoms with Crippen molar-refractivity contribution in [2.45, 2.75) is 6.42 Å². The predicted molar refractivity (Wildman–Crippen MR) is 64.6 cm³/mol. The highest BCUT2D eigenvalue weighted by Crippen LogP contribution is 2.30. The largest absolute Gasteiger partial charge is 0.370 e. The number of hydrogen-bond donors (Lipinski definition) is 1. The fourth-order valence-electron chi connectivity index (χ4n) is 2.03. The van der Waals surface area contributed by atoms with E-state index in [4.69, 9.17) is 10.7 Å². The Balaban J connectivity index is 2.04. The highest BCUT2D eigenvalue weighted by atomic mass is 79.9. The van der Waals surface area contributed by atoms with E-state index in [9.17, 15) is 0 Å². The molecule has 1 aliphatic heterocycles. The Labute approximate surface area is 98.3 Å². The summed E-state index contributed by atoms with van der Waals surface area (Å²) in [6.07, 6.45) is 1.15. The molecular formula is C11H15BrN2O. The van der Waals surface area contributed by atoms with Crippen LogP contribution in [0.5, 0.6) is 0 Å². The summed E-state index contributed by atoms with van der Waals surface area (Å²) in [6, 6.07) is 8.30.